The Morgan fingerprint density at radius 2 is 0.871 bits per heavy atom. The van der Waals surface area contributed by atoms with Crippen LogP contribution in [0, 0.1) is 14.3 Å². The number of likely N-dealkylation sites (N-methyl/N-ethyl adjacent to an activating group) is 1. The summed E-state index contributed by atoms with van der Waals surface area (Å²) in [7, 11) is 1.37. The van der Waals surface area contributed by atoms with Gasteiger partial charge in [0, 0.05) is 7.05 Å². The first kappa shape index (κ1) is 91.8. The molecule has 0 unspecified atom stereocenters. The van der Waals surface area contributed by atoms with Crippen molar-refractivity contribution < 1.29 is 103 Å². The Balaban J connectivity index is 0.00000125. The molecule has 9 rings (SSSR count). The fourth-order valence-corrected chi connectivity index (χ4v) is 10.2. The molecule has 0 saturated carbocycles. The van der Waals surface area contributed by atoms with Crippen molar-refractivity contribution in [3.8, 4) is 28.7 Å². The summed E-state index contributed by atoms with van der Waals surface area (Å²) in [6.07, 6.45) is -2.20. The maximum atomic E-state index is 12.3. The SMILES string of the molecule is C.C.C.C.C.CN(C(=O)OCc1ccccc1)[C@H](C(=O)O)c1ccc(O)c(I)c1.N[C@H](C(=O)O)c1ccc(O)c(I)c1.N[C@H](C(=O)O)c1ccc(O)cc1.O=C(N[C@H](C(=O)O)c1ccc(O)c(I)c1)OCc1ccccc1.O=C1OCN(C(=O)OCc2ccccc2)[C@H]1c1ccc(O)c(I)c1. The van der Waals surface area contributed by atoms with Gasteiger partial charge in [0.25, 0.3) is 0 Å². The van der Waals surface area contributed by atoms with Gasteiger partial charge in [0.2, 0.25) is 0 Å². The number of nitrogens with zero attached hydrogens (tertiary/aromatic N) is 2. The maximum absolute atomic E-state index is 12.3. The van der Waals surface area contributed by atoms with Crippen LogP contribution < -0.4 is 16.8 Å². The number of halogens is 4. The molecule has 101 heavy (non-hydrogen) atoms. The Kier molecular flexibility index (Phi) is 41.3. The molecular formula is C71H81I4N5O21. The number of carbonyl (C=O) groups is 8. The molecule has 14 N–H and O–H groups in total. The van der Waals surface area contributed by atoms with E-state index in [1.165, 1.54) is 90.8 Å². The molecule has 5 atom stereocenters. The number of phenols is 5. The van der Waals surface area contributed by atoms with E-state index in [1.807, 2.05) is 169 Å². The van der Waals surface area contributed by atoms with Crippen molar-refractivity contribution >= 4 is 138 Å². The zero-order valence-corrected chi connectivity index (χ0v) is 58.7. The number of ether oxygens (including phenoxy) is 4. The summed E-state index contributed by atoms with van der Waals surface area (Å²) < 4.78 is 22.6. The number of esters is 1. The monoisotopic (exact) mass is 1850 g/mol. The van der Waals surface area contributed by atoms with E-state index < -0.39 is 78.3 Å². The molecule has 0 bridgehead atoms. The van der Waals surface area contributed by atoms with Gasteiger partial charge in [-0.1, -0.05) is 165 Å². The number of hydrogen-bond acceptors (Lipinski definition) is 19. The van der Waals surface area contributed by atoms with Crippen molar-refractivity contribution in [2.45, 2.75) is 87.2 Å². The van der Waals surface area contributed by atoms with Crippen LogP contribution in [-0.2, 0) is 62.7 Å². The minimum absolute atomic E-state index is 0. The van der Waals surface area contributed by atoms with Crippen molar-refractivity contribution in [2.24, 2.45) is 11.5 Å². The van der Waals surface area contributed by atoms with Gasteiger partial charge < -0.3 is 81.7 Å². The standard InChI is InChI=1S/C17H14INO5.C17H16INO5.C16H14INO5.C8H8INO3.C8H9NO3.5CH4/c18-13-8-12(6-7-14(13)20)15-16(21)24-10-19(15)17(22)23-9-11-4-2-1-3-5-11;1-19(17(23)24-10-11-5-3-2-4-6-11)15(16(21)22)12-7-8-14(20)13(18)9-12;17-12-8-11(6-7-13(12)19)14(15(20)21)18-16(22)23-9-10-4-2-1-3-5-10;9-5-3-4(1-2-6(5)11)7(10)8(12)13;9-7(8(11)12)5-1-3-6(10)4-2-5;;;;;/h1-8,15,20H,9-10H2;2-9,15,20H,10H2,1H3,(H,21,22);1-8,14,19H,9H2,(H,18,22)(H,20,21);1-3,7,11H,10H2,(H,12,13);1-4,7,10H,9H2,(H,11,12);5*1H4/t2*15-;14-;2*7-;;;;;/m00000...../s1. The van der Waals surface area contributed by atoms with E-state index in [-0.39, 0.29) is 92.4 Å². The van der Waals surface area contributed by atoms with E-state index in [0.29, 0.717) is 42.1 Å². The molecule has 30 heteroatoms. The number of benzene rings is 8. The van der Waals surface area contributed by atoms with Crippen LogP contribution in [-0.4, -0.2) is 118 Å². The van der Waals surface area contributed by atoms with Gasteiger partial charge in [0.05, 0.1) is 14.3 Å². The third-order valence-electron chi connectivity index (χ3n) is 13.2. The summed E-state index contributed by atoms with van der Waals surface area (Å²) in [5.74, 6) is -4.65. The minimum Gasteiger partial charge on any atom is -0.508 e. The fourth-order valence-electron chi connectivity index (χ4n) is 8.09. The number of rotatable bonds is 17. The molecule has 1 heterocycles. The number of nitrogens with one attached hydrogen (secondary N) is 1. The van der Waals surface area contributed by atoms with Gasteiger partial charge in [-0.25, -0.2) is 28.8 Å². The van der Waals surface area contributed by atoms with Crippen LogP contribution in [0.4, 0.5) is 14.4 Å². The highest BCUT2D eigenvalue weighted by Gasteiger charge is 2.40. The zero-order chi connectivity index (χ0) is 70.8. The molecule has 8 aromatic carbocycles. The molecule has 8 aromatic rings. The molecule has 544 valence electrons. The highest BCUT2D eigenvalue weighted by molar-refractivity contribution is 14.1. The second kappa shape index (κ2) is 45.5. The van der Waals surface area contributed by atoms with E-state index >= 15 is 0 Å². The number of hydrogen-bond donors (Lipinski definition) is 12. The highest BCUT2D eigenvalue weighted by Crippen LogP contribution is 2.33. The maximum Gasteiger partial charge on any atom is 0.413 e. The molecule has 1 fully saturated rings. The van der Waals surface area contributed by atoms with Crippen molar-refractivity contribution in [1.82, 2.24) is 15.1 Å². The van der Waals surface area contributed by atoms with Gasteiger partial charge in [-0.15, -0.1) is 0 Å². The predicted molar refractivity (Wildman–Crippen MR) is 411 cm³/mol. The zero-order valence-electron chi connectivity index (χ0n) is 50.1. The predicted octanol–water partition coefficient (Wildman–Crippen LogP) is 14.4. The smallest absolute Gasteiger partial charge is 0.413 e. The van der Waals surface area contributed by atoms with E-state index in [2.05, 4.69) is 5.32 Å². The Labute approximate surface area is 639 Å². The van der Waals surface area contributed by atoms with E-state index in [4.69, 9.17) is 50.8 Å². The molecule has 0 aliphatic carbocycles. The number of cyclic esters (lactones) is 1. The topological polar surface area (TPSA) is 426 Å². The molecule has 1 aliphatic rings. The van der Waals surface area contributed by atoms with Gasteiger partial charge >= 0.3 is 48.1 Å². The van der Waals surface area contributed by atoms with E-state index in [9.17, 15) is 63.9 Å². The van der Waals surface area contributed by atoms with Crippen LogP contribution in [0.3, 0.4) is 0 Å². The van der Waals surface area contributed by atoms with Crippen molar-refractivity contribution in [1.29, 1.82) is 0 Å². The molecule has 26 nitrogen and oxygen atoms in total. The Hall–Kier alpha value is -9.24. The molecule has 1 saturated heterocycles. The quantitative estimate of drug-likeness (QED) is 0.0229. The lowest BCUT2D eigenvalue weighted by molar-refractivity contribution is -0.143. The van der Waals surface area contributed by atoms with Gasteiger partial charge in [-0.05, 0) is 196 Å². The average molecular weight is 1850 g/mol. The van der Waals surface area contributed by atoms with Crippen molar-refractivity contribution in [2.75, 3.05) is 13.8 Å². The first-order valence-electron chi connectivity index (χ1n) is 27.8. The summed E-state index contributed by atoms with van der Waals surface area (Å²) in [4.78, 5) is 94.5. The molecule has 1 aliphatic heterocycles. The Morgan fingerprint density at radius 1 is 0.495 bits per heavy atom. The molecular weight excluding hydrogens is 1770 g/mol. The third-order valence-corrected chi connectivity index (χ3v) is 16.6. The van der Waals surface area contributed by atoms with Crippen LogP contribution in [0.5, 0.6) is 28.7 Å². The number of alkyl carbamates (subject to hydrolysis) is 1. The van der Waals surface area contributed by atoms with E-state index in [0.717, 1.165) is 21.6 Å². The number of nitrogens with two attached hydrogens (primary N) is 2. The lowest BCUT2D eigenvalue weighted by atomic mass is 10.1. The van der Waals surface area contributed by atoms with Crippen LogP contribution >= 0.6 is 90.4 Å². The van der Waals surface area contributed by atoms with Crippen molar-refractivity contribution in [3.05, 3.63) is 247 Å². The summed E-state index contributed by atoms with van der Waals surface area (Å²) >= 11 is 7.64. The molecule has 0 radical (unpaired) electrons. The number of phenolic OH excluding ortho intramolecular Hbond substituents is 5. The lowest BCUT2D eigenvalue weighted by Crippen LogP contribution is -2.36. The van der Waals surface area contributed by atoms with Gasteiger partial charge in [-0.2, -0.15) is 0 Å². The summed E-state index contributed by atoms with van der Waals surface area (Å²) in [5, 5.41) is 84.9. The number of carboxylic acids is 4. The number of carboxylic acid groups (broad SMARTS) is 4. The van der Waals surface area contributed by atoms with Crippen LogP contribution in [0.15, 0.2) is 188 Å². The third kappa shape index (κ3) is 29.1. The van der Waals surface area contributed by atoms with Crippen molar-refractivity contribution in [3.63, 3.8) is 0 Å². The van der Waals surface area contributed by atoms with E-state index in [1.54, 1.807) is 30.3 Å². The highest BCUT2D eigenvalue weighted by atomic mass is 127. The number of aromatic hydroxyl groups is 5. The fraction of sp³-hybridized carbons (Fsp3) is 0.211. The summed E-state index contributed by atoms with van der Waals surface area (Å²) in [6, 6.07) is 45.7. The minimum atomic E-state index is -1.26. The second-order valence-electron chi connectivity index (χ2n) is 19.9. The van der Waals surface area contributed by atoms with Gasteiger partial charge in [-0.3, -0.25) is 19.4 Å². The number of aliphatic carboxylic acids is 4. The Bertz CT molecular complexity index is 3930. The Morgan fingerprint density at radius 3 is 1.30 bits per heavy atom. The van der Waals surface area contributed by atoms with Gasteiger partial charge in [0.1, 0.15) is 60.7 Å². The van der Waals surface area contributed by atoms with Gasteiger partial charge in [0.15, 0.2) is 24.9 Å². The van der Waals surface area contributed by atoms with Crippen LogP contribution in [0.2, 0.25) is 0 Å². The summed E-state index contributed by atoms with van der Waals surface area (Å²) in [5.41, 5.74) is 15.4. The van der Waals surface area contributed by atoms with Crippen LogP contribution in [0.25, 0.3) is 0 Å². The molecule has 0 aromatic heterocycles. The number of carbonyl (C=O) groups excluding carboxylic acids is 4. The largest absolute Gasteiger partial charge is 0.508 e. The summed E-state index contributed by atoms with van der Waals surface area (Å²) in [6.45, 7) is 0.0639. The first-order valence-corrected chi connectivity index (χ1v) is 32.1. The first-order chi connectivity index (χ1) is 45.6. The molecule has 3 amide bonds. The molecule has 0 spiro atoms. The normalized spacial score (nSPS) is 12.4. The average Bonchev–Trinajstić information content (AvgIpc) is 1.71. The van der Waals surface area contributed by atoms with Crippen LogP contribution in [0.1, 0.15) is 112 Å². The second-order valence-corrected chi connectivity index (χ2v) is 24.6. The lowest BCUT2D eigenvalue weighted by Gasteiger charge is -2.24. The number of amides is 3.